The maximum absolute atomic E-state index is 9.44. The van der Waals surface area contributed by atoms with Crippen molar-refractivity contribution in [3.05, 3.63) is 0 Å². The minimum absolute atomic E-state index is 2.16. The molecule has 1 unspecified atom stereocenters. The van der Waals surface area contributed by atoms with Crippen LogP contribution in [0.2, 0.25) is 0 Å². The van der Waals surface area contributed by atoms with E-state index in [-0.39, 0.29) is 0 Å². The van der Waals surface area contributed by atoms with Crippen molar-refractivity contribution >= 4 is 17.9 Å². The molecule has 0 aliphatic rings. The zero-order chi connectivity index (χ0) is 5.15. The van der Waals surface area contributed by atoms with E-state index in [0.29, 0.717) is 0 Å². The van der Waals surface area contributed by atoms with Crippen LogP contribution >= 0.6 is 6.88 Å². The quantitative estimate of drug-likeness (QED) is 0.387. The lowest BCUT2D eigenvalue weighted by atomic mass is 14.0. The van der Waals surface area contributed by atoms with Crippen molar-refractivity contribution in [2.24, 2.45) is 5.14 Å². The molecule has 0 saturated carbocycles. The third-order valence-electron chi connectivity index (χ3n) is 0.147. The van der Waals surface area contributed by atoms with Crippen LogP contribution in [0.3, 0.4) is 0 Å². The van der Waals surface area contributed by atoms with Crippen molar-refractivity contribution in [3.8, 4) is 0 Å². The molecule has 0 radical (unpaired) electrons. The van der Waals surface area contributed by atoms with Crippen LogP contribution in [0, 0.1) is 0 Å². The van der Waals surface area contributed by atoms with Crippen LogP contribution in [0.4, 0.5) is 0 Å². The number of hydrogen-bond donors (Lipinski definition) is 1. The van der Waals surface area contributed by atoms with E-state index >= 15 is 0 Å². The lowest BCUT2D eigenvalue weighted by molar-refractivity contribution is 0.520. The Morgan fingerprint density at radius 1 is 1.67 bits per heavy atom. The zero-order valence-electron chi connectivity index (χ0n) is 2.66. The summed E-state index contributed by atoms with van der Waals surface area (Å²) < 4.78 is 28.1. The molecule has 36 valence electrons. The second kappa shape index (κ2) is 2.36. The van der Waals surface area contributed by atoms with E-state index in [9.17, 15) is 13.7 Å². The molecule has 0 aromatic carbocycles. The van der Waals surface area contributed by atoms with Crippen LogP contribution in [0.5, 0.6) is 0 Å². The Labute approximate surface area is 37.6 Å². The Morgan fingerprint density at radius 2 is 1.83 bits per heavy atom. The topological polar surface area (TPSA) is 83.2 Å². The summed E-state index contributed by atoms with van der Waals surface area (Å²) in [5.74, 6) is 0. The standard InChI is InChI=1S/H2NO3PS/c1-6(4)5(2)3/h1H2. The maximum atomic E-state index is 9.44. The molecule has 0 rings (SSSR count). The first-order chi connectivity index (χ1) is 2.64. The van der Waals surface area contributed by atoms with Crippen LogP contribution in [0.15, 0.2) is 0 Å². The molecule has 0 aromatic rings. The predicted molar refractivity (Wildman–Crippen MR) is 20.6 cm³/mol. The molecule has 0 fully saturated rings. The maximum Gasteiger partial charge on any atom is 0.567 e. The average molecular weight is 127 g/mol. The molecule has 2 N–H and O–H groups in total. The highest BCUT2D eigenvalue weighted by atomic mass is 32.8. The Bertz CT molecular complexity index is 87.0. The Hall–Kier alpha value is 0.170. The van der Waals surface area contributed by atoms with E-state index in [1.165, 1.54) is 0 Å². The van der Waals surface area contributed by atoms with E-state index in [2.05, 4.69) is 5.14 Å². The largest absolute Gasteiger partial charge is 0.587 e. The first-order valence-electron chi connectivity index (χ1n) is 0.950. The van der Waals surface area contributed by atoms with Crippen LogP contribution < -0.4 is 5.14 Å². The molecule has 0 aliphatic carbocycles. The summed E-state index contributed by atoms with van der Waals surface area (Å²) in [6, 6.07) is 0. The second-order valence-corrected chi connectivity index (χ2v) is 3.47. The molecule has 1 atom stereocenters. The summed E-state index contributed by atoms with van der Waals surface area (Å²) in [6.45, 7) is -2.91. The van der Waals surface area contributed by atoms with Gasteiger partial charge in [0.15, 0.2) is 11.0 Å². The molecule has 0 bridgehead atoms. The van der Waals surface area contributed by atoms with Gasteiger partial charge < -0.3 is 4.55 Å². The summed E-state index contributed by atoms with van der Waals surface area (Å²) in [5.41, 5.74) is 0. The molecule has 0 aliphatic heterocycles. The molecule has 0 heterocycles. The summed E-state index contributed by atoms with van der Waals surface area (Å²) >= 11 is 0. The van der Waals surface area contributed by atoms with Gasteiger partial charge in [0.2, 0.25) is 0 Å². The second-order valence-electron chi connectivity index (χ2n) is 0.500. The van der Waals surface area contributed by atoms with Gasteiger partial charge in [0.1, 0.15) is 0 Å². The highest BCUT2D eigenvalue weighted by Gasteiger charge is 2.02. The molecule has 0 aromatic heterocycles. The van der Waals surface area contributed by atoms with Crippen molar-refractivity contribution in [2.45, 2.75) is 0 Å². The molecular weight excluding hydrogens is 125 g/mol. The van der Waals surface area contributed by atoms with Crippen LogP contribution in [0.25, 0.3) is 0 Å². The Kier molecular flexibility index (Phi) is 2.43. The summed E-state index contributed by atoms with van der Waals surface area (Å²) in [5, 5.41) is 4.31. The fourth-order valence-electron chi connectivity index (χ4n) is 0. The van der Waals surface area contributed by atoms with Gasteiger partial charge >= 0.3 is 6.88 Å². The first kappa shape index (κ1) is 6.17. The molecule has 0 amide bonds. The van der Waals surface area contributed by atoms with E-state index < -0.39 is 17.9 Å². The Balaban J connectivity index is 3.57. The monoisotopic (exact) mass is 127 g/mol. The molecule has 6 heteroatoms. The van der Waals surface area contributed by atoms with Crippen LogP contribution in [-0.4, -0.2) is 4.55 Å². The van der Waals surface area contributed by atoms with Crippen LogP contribution in [-0.2, 0) is 20.1 Å². The van der Waals surface area contributed by atoms with Gasteiger partial charge in [0.05, 0.1) is 0 Å². The summed E-state index contributed by atoms with van der Waals surface area (Å²) in [6.07, 6.45) is 0. The lowest BCUT2D eigenvalue weighted by Crippen LogP contribution is -2.02. The zero-order valence-corrected chi connectivity index (χ0v) is 4.37. The minimum Gasteiger partial charge on any atom is -0.587 e. The van der Waals surface area contributed by atoms with E-state index in [4.69, 9.17) is 0 Å². The smallest absolute Gasteiger partial charge is 0.567 e. The average Bonchev–Trinajstić information content (AvgIpc) is 1.36. The fraction of sp³-hybridized carbons (Fsp3) is 0. The van der Waals surface area contributed by atoms with Gasteiger partial charge in [0, 0.05) is 0 Å². The number of nitrogens with two attached hydrogens (primary N) is 1. The van der Waals surface area contributed by atoms with Gasteiger partial charge in [-0.2, -0.15) is 9.13 Å². The Morgan fingerprint density at radius 3 is 1.83 bits per heavy atom. The highest BCUT2D eigenvalue weighted by molar-refractivity contribution is 8.40. The van der Waals surface area contributed by atoms with Gasteiger partial charge in [-0.3, -0.25) is 0 Å². The van der Waals surface area contributed by atoms with Crippen LogP contribution in [0.1, 0.15) is 0 Å². The van der Waals surface area contributed by atoms with Gasteiger partial charge in [0.25, 0.3) is 0 Å². The van der Waals surface area contributed by atoms with E-state index in [1.807, 2.05) is 0 Å². The molecular formula is H2NO3PS. The van der Waals surface area contributed by atoms with Gasteiger partial charge in [-0.25, -0.2) is 0 Å². The fourth-order valence-corrected chi connectivity index (χ4v) is 0. The van der Waals surface area contributed by atoms with Crippen molar-refractivity contribution in [2.75, 3.05) is 0 Å². The molecule has 6 heavy (non-hydrogen) atoms. The first-order valence-corrected chi connectivity index (χ1v) is 3.95. The van der Waals surface area contributed by atoms with Crippen molar-refractivity contribution in [1.82, 2.24) is 0 Å². The third kappa shape index (κ3) is 2.41. The number of hydrogen-bond acceptors (Lipinski definition) is 4. The SMILES string of the molecule is N[S+]([O-])P(=O)=O. The van der Waals surface area contributed by atoms with E-state index in [0.717, 1.165) is 0 Å². The summed E-state index contributed by atoms with van der Waals surface area (Å²) in [7, 11) is -2.16. The van der Waals surface area contributed by atoms with Crippen molar-refractivity contribution in [3.63, 3.8) is 0 Å². The van der Waals surface area contributed by atoms with Crippen molar-refractivity contribution < 1.29 is 13.7 Å². The van der Waals surface area contributed by atoms with E-state index in [1.54, 1.807) is 0 Å². The highest BCUT2D eigenvalue weighted by Crippen LogP contribution is 2.07. The minimum atomic E-state index is -2.91. The van der Waals surface area contributed by atoms with Gasteiger partial charge in [-0.15, -0.1) is 5.14 Å². The normalized spacial score (nSPS) is 13.7. The number of rotatable bonds is 1. The summed E-state index contributed by atoms with van der Waals surface area (Å²) in [4.78, 5) is 0. The van der Waals surface area contributed by atoms with Crippen molar-refractivity contribution in [1.29, 1.82) is 0 Å². The lowest BCUT2D eigenvalue weighted by Gasteiger charge is -1.81. The third-order valence-corrected chi connectivity index (χ3v) is 1.32. The molecule has 4 nitrogen and oxygen atoms in total. The molecule has 0 spiro atoms. The predicted octanol–water partition coefficient (Wildman–Crippen LogP) is -0.303. The molecule has 0 saturated heterocycles. The van der Waals surface area contributed by atoms with Gasteiger partial charge in [-0.05, 0) is 0 Å². The van der Waals surface area contributed by atoms with Gasteiger partial charge in [-0.1, -0.05) is 0 Å².